The van der Waals surface area contributed by atoms with Gasteiger partial charge in [-0.1, -0.05) is 18.2 Å². The van der Waals surface area contributed by atoms with Crippen molar-refractivity contribution in [1.82, 2.24) is 0 Å². The van der Waals surface area contributed by atoms with Gasteiger partial charge < -0.3 is 5.32 Å². The summed E-state index contributed by atoms with van der Waals surface area (Å²) in [4.78, 5) is 12.3. The first-order chi connectivity index (χ1) is 12.8. The maximum Gasteiger partial charge on any atom is 0.261 e. The second kappa shape index (κ2) is 7.55. The fraction of sp³-hybridized carbons (Fsp3) is 0. The van der Waals surface area contributed by atoms with E-state index in [1.807, 2.05) is 0 Å². The Kier molecular flexibility index (Phi) is 5.18. The molecule has 0 aliphatic carbocycles. The van der Waals surface area contributed by atoms with Crippen LogP contribution in [0.15, 0.2) is 77.7 Å². The van der Waals surface area contributed by atoms with Crippen molar-refractivity contribution >= 4 is 27.3 Å². The van der Waals surface area contributed by atoms with E-state index in [-0.39, 0.29) is 21.8 Å². The van der Waals surface area contributed by atoms with Crippen LogP contribution in [0.4, 0.5) is 20.2 Å². The molecular formula is C19H14F2N2O3S. The average Bonchev–Trinajstić information content (AvgIpc) is 2.65. The molecule has 0 radical (unpaired) electrons. The van der Waals surface area contributed by atoms with Crippen molar-refractivity contribution < 1.29 is 22.0 Å². The Balaban J connectivity index is 1.72. The molecule has 0 heterocycles. The Morgan fingerprint density at radius 2 is 1.52 bits per heavy atom. The van der Waals surface area contributed by atoms with Gasteiger partial charge in [0.25, 0.3) is 15.9 Å². The molecule has 138 valence electrons. The molecule has 3 aromatic carbocycles. The molecule has 0 spiro atoms. The first kappa shape index (κ1) is 18.5. The number of benzene rings is 3. The van der Waals surface area contributed by atoms with Crippen molar-refractivity contribution in [2.75, 3.05) is 10.0 Å². The topological polar surface area (TPSA) is 75.3 Å². The number of nitrogens with one attached hydrogen (secondary N) is 2. The molecule has 0 aliphatic rings. The Bertz CT molecular complexity index is 1070. The van der Waals surface area contributed by atoms with E-state index < -0.39 is 27.6 Å². The molecule has 0 aromatic heterocycles. The van der Waals surface area contributed by atoms with Gasteiger partial charge in [0, 0.05) is 17.3 Å². The van der Waals surface area contributed by atoms with Gasteiger partial charge in [-0.3, -0.25) is 9.52 Å². The lowest BCUT2D eigenvalue weighted by Gasteiger charge is -2.09. The number of carbonyl (C=O) groups is 1. The standard InChI is InChI=1S/C19H14F2N2O3S/c20-14-8-11-18(17(21)12-14)22-19(24)13-6-9-15(10-7-13)23-27(25,26)16-4-2-1-3-5-16/h1-12,23H,(H,22,24). The average molecular weight is 388 g/mol. The largest absolute Gasteiger partial charge is 0.319 e. The van der Waals surface area contributed by atoms with Crippen LogP contribution in [0.1, 0.15) is 10.4 Å². The van der Waals surface area contributed by atoms with E-state index in [1.165, 1.54) is 36.4 Å². The zero-order chi connectivity index (χ0) is 19.4. The Morgan fingerprint density at radius 3 is 2.15 bits per heavy atom. The molecule has 0 bridgehead atoms. The fourth-order valence-electron chi connectivity index (χ4n) is 2.29. The van der Waals surface area contributed by atoms with Gasteiger partial charge in [-0.25, -0.2) is 17.2 Å². The molecule has 0 fully saturated rings. The molecule has 0 saturated carbocycles. The number of amides is 1. The molecule has 2 N–H and O–H groups in total. The molecule has 0 saturated heterocycles. The highest BCUT2D eigenvalue weighted by Crippen LogP contribution is 2.19. The molecule has 8 heteroatoms. The summed E-state index contributed by atoms with van der Waals surface area (Å²) >= 11 is 0. The summed E-state index contributed by atoms with van der Waals surface area (Å²) < 4.78 is 53.4. The zero-order valence-electron chi connectivity index (χ0n) is 13.8. The summed E-state index contributed by atoms with van der Waals surface area (Å²) in [5.41, 5.74) is 0.292. The second-order valence-electron chi connectivity index (χ2n) is 5.57. The number of halogens is 2. The first-order valence-electron chi connectivity index (χ1n) is 7.79. The smallest absolute Gasteiger partial charge is 0.261 e. The van der Waals surface area contributed by atoms with Crippen LogP contribution in [-0.2, 0) is 10.0 Å². The molecule has 0 atom stereocenters. The highest BCUT2D eigenvalue weighted by Gasteiger charge is 2.14. The summed E-state index contributed by atoms with van der Waals surface area (Å²) in [5.74, 6) is -2.26. The lowest BCUT2D eigenvalue weighted by molar-refractivity contribution is 0.102. The van der Waals surface area contributed by atoms with Gasteiger partial charge in [0.15, 0.2) is 0 Å². The molecule has 0 aliphatic heterocycles. The van der Waals surface area contributed by atoms with E-state index in [1.54, 1.807) is 18.2 Å². The second-order valence-corrected chi connectivity index (χ2v) is 7.26. The predicted molar refractivity (Wildman–Crippen MR) is 98.0 cm³/mol. The quantitative estimate of drug-likeness (QED) is 0.693. The third-order valence-electron chi connectivity index (χ3n) is 3.63. The van der Waals surface area contributed by atoms with Crippen molar-refractivity contribution in [3.05, 3.63) is 90.0 Å². The number of carbonyl (C=O) groups excluding carboxylic acids is 1. The molecular weight excluding hydrogens is 374 g/mol. The maximum absolute atomic E-state index is 13.6. The van der Waals surface area contributed by atoms with Crippen LogP contribution in [0, 0.1) is 11.6 Å². The van der Waals surface area contributed by atoms with Gasteiger partial charge in [0.1, 0.15) is 11.6 Å². The number of sulfonamides is 1. The molecule has 0 unspecified atom stereocenters. The third-order valence-corrected chi connectivity index (χ3v) is 5.03. The van der Waals surface area contributed by atoms with Crippen molar-refractivity contribution in [3.63, 3.8) is 0 Å². The molecule has 27 heavy (non-hydrogen) atoms. The maximum atomic E-state index is 13.6. The van der Waals surface area contributed by atoms with Gasteiger partial charge in [0.05, 0.1) is 10.6 Å². The highest BCUT2D eigenvalue weighted by atomic mass is 32.2. The SMILES string of the molecule is O=C(Nc1ccc(F)cc1F)c1ccc(NS(=O)(=O)c2ccccc2)cc1. The van der Waals surface area contributed by atoms with Crippen LogP contribution in [-0.4, -0.2) is 14.3 Å². The summed E-state index contributed by atoms with van der Waals surface area (Å²) in [6, 6.07) is 16.3. The van der Waals surface area contributed by atoms with Crippen molar-refractivity contribution in [2.45, 2.75) is 4.90 Å². The Morgan fingerprint density at radius 1 is 0.852 bits per heavy atom. The zero-order valence-corrected chi connectivity index (χ0v) is 14.6. The number of rotatable bonds is 5. The minimum Gasteiger partial charge on any atom is -0.319 e. The van der Waals surface area contributed by atoms with E-state index in [0.717, 1.165) is 12.1 Å². The van der Waals surface area contributed by atoms with E-state index >= 15 is 0 Å². The molecule has 5 nitrogen and oxygen atoms in total. The van der Waals surface area contributed by atoms with Gasteiger partial charge in [-0.2, -0.15) is 0 Å². The number of anilines is 2. The fourth-order valence-corrected chi connectivity index (χ4v) is 3.37. The first-order valence-corrected chi connectivity index (χ1v) is 9.28. The third kappa shape index (κ3) is 4.48. The van der Waals surface area contributed by atoms with Gasteiger partial charge in [-0.05, 0) is 48.5 Å². The summed E-state index contributed by atoms with van der Waals surface area (Å²) in [6.07, 6.45) is 0. The van der Waals surface area contributed by atoms with Crippen LogP contribution in [0.3, 0.4) is 0 Å². The number of hydrogen-bond donors (Lipinski definition) is 2. The van der Waals surface area contributed by atoms with Crippen molar-refractivity contribution in [3.8, 4) is 0 Å². The van der Waals surface area contributed by atoms with Crippen LogP contribution in [0.25, 0.3) is 0 Å². The van der Waals surface area contributed by atoms with E-state index in [2.05, 4.69) is 10.0 Å². The van der Waals surface area contributed by atoms with Crippen molar-refractivity contribution in [1.29, 1.82) is 0 Å². The minimum atomic E-state index is -3.74. The monoisotopic (exact) mass is 388 g/mol. The Labute approximate surface area is 154 Å². The van der Waals surface area contributed by atoms with Gasteiger partial charge in [0.2, 0.25) is 0 Å². The molecule has 3 aromatic rings. The van der Waals surface area contributed by atoms with Crippen LogP contribution in [0.5, 0.6) is 0 Å². The summed E-state index contributed by atoms with van der Waals surface area (Å²) in [5, 5.41) is 2.33. The molecule has 3 rings (SSSR count). The van der Waals surface area contributed by atoms with Gasteiger partial charge >= 0.3 is 0 Å². The van der Waals surface area contributed by atoms with E-state index in [4.69, 9.17) is 0 Å². The Hall–Kier alpha value is -3.26. The van der Waals surface area contributed by atoms with Crippen LogP contribution in [0.2, 0.25) is 0 Å². The summed E-state index contributed by atoms with van der Waals surface area (Å²) in [6.45, 7) is 0. The van der Waals surface area contributed by atoms with E-state index in [9.17, 15) is 22.0 Å². The van der Waals surface area contributed by atoms with E-state index in [0.29, 0.717) is 6.07 Å². The molecule has 1 amide bonds. The minimum absolute atomic E-state index is 0.110. The normalized spacial score (nSPS) is 11.0. The summed E-state index contributed by atoms with van der Waals surface area (Å²) in [7, 11) is -3.74. The van der Waals surface area contributed by atoms with Crippen LogP contribution < -0.4 is 10.0 Å². The lowest BCUT2D eigenvalue weighted by atomic mass is 10.2. The van der Waals surface area contributed by atoms with Gasteiger partial charge in [-0.15, -0.1) is 0 Å². The van der Waals surface area contributed by atoms with Crippen LogP contribution >= 0.6 is 0 Å². The highest BCUT2D eigenvalue weighted by molar-refractivity contribution is 7.92. The lowest BCUT2D eigenvalue weighted by Crippen LogP contribution is -2.14. The number of hydrogen-bond acceptors (Lipinski definition) is 3. The predicted octanol–water partition coefficient (Wildman–Crippen LogP) is 4.02. The van der Waals surface area contributed by atoms with Crippen molar-refractivity contribution in [2.24, 2.45) is 0 Å².